The van der Waals surface area contributed by atoms with Crippen molar-refractivity contribution < 1.29 is 9.32 Å². The maximum atomic E-state index is 12.7. The van der Waals surface area contributed by atoms with Crippen molar-refractivity contribution in [1.29, 1.82) is 0 Å². The van der Waals surface area contributed by atoms with Crippen LogP contribution in [0, 0.1) is 13.8 Å². The van der Waals surface area contributed by atoms with Gasteiger partial charge in [-0.2, -0.15) is 0 Å². The number of nitrogens with zero attached hydrogens (tertiary/aromatic N) is 2. The molecule has 2 aromatic rings. The fourth-order valence-electron chi connectivity index (χ4n) is 3.39. The molecule has 24 heavy (non-hydrogen) atoms. The molecule has 1 saturated heterocycles. The molecule has 1 aliphatic heterocycles. The highest BCUT2D eigenvalue weighted by Crippen LogP contribution is 2.32. The Morgan fingerprint density at radius 3 is 2.71 bits per heavy atom. The third kappa shape index (κ3) is 3.16. The molecule has 0 saturated carbocycles. The van der Waals surface area contributed by atoms with E-state index in [0.717, 1.165) is 25.1 Å². The summed E-state index contributed by atoms with van der Waals surface area (Å²) in [4.78, 5) is 14.6. The standard InChI is InChI=1S/C19H25N3O2/c1-5-17-18(14(4)24-21-17)20-19(23)22-11-16(10-13(22)3)15-8-6-12(2)7-9-15/h6-9,13,16H,5,10-11H2,1-4H3,(H,20,23)/t13-,16-/m1/s1. The van der Waals surface area contributed by atoms with E-state index in [1.54, 1.807) is 0 Å². The summed E-state index contributed by atoms with van der Waals surface area (Å²) in [6.45, 7) is 8.76. The SMILES string of the molecule is CCc1noc(C)c1NC(=O)N1C[C@H](c2ccc(C)cc2)C[C@H]1C. The van der Waals surface area contributed by atoms with Gasteiger partial charge in [0.05, 0.1) is 0 Å². The number of aromatic nitrogens is 1. The quantitative estimate of drug-likeness (QED) is 0.916. The molecule has 5 heteroatoms. The molecule has 2 atom stereocenters. The number of nitrogens with one attached hydrogen (secondary N) is 1. The second kappa shape index (κ2) is 6.67. The van der Waals surface area contributed by atoms with Crippen LogP contribution in [-0.4, -0.2) is 28.7 Å². The maximum absolute atomic E-state index is 12.7. The van der Waals surface area contributed by atoms with Crippen LogP contribution in [-0.2, 0) is 6.42 Å². The lowest BCUT2D eigenvalue weighted by Gasteiger charge is -2.22. The van der Waals surface area contributed by atoms with E-state index in [0.29, 0.717) is 17.4 Å². The molecule has 1 aromatic heterocycles. The minimum atomic E-state index is -0.0712. The number of hydrogen-bond acceptors (Lipinski definition) is 3. The first-order chi connectivity index (χ1) is 11.5. The number of anilines is 1. The first kappa shape index (κ1) is 16.6. The molecule has 1 N–H and O–H groups in total. The second-order valence-electron chi connectivity index (χ2n) is 6.69. The number of likely N-dealkylation sites (tertiary alicyclic amines) is 1. The smallest absolute Gasteiger partial charge is 0.322 e. The summed E-state index contributed by atoms with van der Waals surface area (Å²) in [5.41, 5.74) is 4.07. The van der Waals surface area contributed by atoms with Crippen molar-refractivity contribution in [3.63, 3.8) is 0 Å². The molecular weight excluding hydrogens is 302 g/mol. The van der Waals surface area contributed by atoms with E-state index < -0.39 is 0 Å². The molecule has 128 valence electrons. The summed E-state index contributed by atoms with van der Waals surface area (Å²) in [7, 11) is 0. The summed E-state index contributed by atoms with van der Waals surface area (Å²) < 4.78 is 5.20. The molecule has 0 radical (unpaired) electrons. The van der Waals surface area contributed by atoms with Gasteiger partial charge in [-0.1, -0.05) is 41.9 Å². The van der Waals surface area contributed by atoms with E-state index in [1.807, 2.05) is 18.7 Å². The summed E-state index contributed by atoms with van der Waals surface area (Å²) in [5.74, 6) is 1.04. The maximum Gasteiger partial charge on any atom is 0.322 e. The summed E-state index contributed by atoms with van der Waals surface area (Å²) >= 11 is 0. The Kier molecular flexibility index (Phi) is 4.60. The molecule has 2 heterocycles. The number of benzene rings is 1. The number of aryl methyl sites for hydroxylation is 3. The van der Waals surface area contributed by atoms with E-state index >= 15 is 0 Å². The molecule has 2 amide bonds. The minimum Gasteiger partial charge on any atom is -0.359 e. The van der Waals surface area contributed by atoms with Gasteiger partial charge in [0.25, 0.3) is 0 Å². The Morgan fingerprint density at radius 1 is 1.33 bits per heavy atom. The van der Waals surface area contributed by atoms with Gasteiger partial charge in [-0.3, -0.25) is 0 Å². The number of carbonyl (C=O) groups excluding carboxylic acids is 1. The molecule has 1 aromatic carbocycles. The molecule has 1 fully saturated rings. The van der Waals surface area contributed by atoms with Crippen molar-refractivity contribution >= 4 is 11.7 Å². The minimum absolute atomic E-state index is 0.0712. The van der Waals surface area contributed by atoms with Crippen LogP contribution in [0.4, 0.5) is 10.5 Å². The highest BCUT2D eigenvalue weighted by atomic mass is 16.5. The fraction of sp³-hybridized carbons (Fsp3) is 0.474. The first-order valence-corrected chi connectivity index (χ1v) is 8.59. The second-order valence-corrected chi connectivity index (χ2v) is 6.69. The summed E-state index contributed by atoms with van der Waals surface area (Å²) in [6, 6.07) is 8.76. The molecule has 3 rings (SSSR count). The molecule has 1 aliphatic rings. The van der Waals surface area contributed by atoms with Gasteiger partial charge in [0.15, 0.2) is 5.76 Å². The number of urea groups is 1. The molecule has 0 unspecified atom stereocenters. The zero-order valence-electron chi connectivity index (χ0n) is 14.8. The van der Waals surface area contributed by atoms with E-state index in [4.69, 9.17) is 4.52 Å². The van der Waals surface area contributed by atoms with Crippen molar-refractivity contribution in [2.45, 2.75) is 52.5 Å². The molecule has 0 bridgehead atoms. The highest BCUT2D eigenvalue weighted by Gasteiger charge is 2.33. The van der Waals surface area contributed by atoms with Crippen LogP contribution in [0.3, 0.4) is 0 Å². The third-order valence-corrected chi connectivity index (χ3v) is 4.88. The van der Waals surface area contributed by atoms with E-state index in [-0.39, 0.29) is 12.1 Å². The van der Waals surface area contributed by atoms with Crippen LogP contribution < -0.4 is 5.32 Å². The van der Waals surface area contributed by atoms with Crippen LogP contribution in [0.1, 0.15) is 48.8 Å². The van der Waals surface area contributed by atoms with Crippen molar-refractivity contribution in [1.82, 2.24) is 10.1 Å². The Labute approximate surface area is 143 Å². The molecular formula is C19H25N3O2. The van der Waals surface area contributed by atoms with Gasteiger partial charge in [0.1, 0.15) is 11.4 Å². The Balaban J connectivity index is 1.71. The average Bonchev–Trinajstić information content (AvgIpc) is 3.12. The van der Waals surface area contributed by atoms with Crippen molar-refractivity contribution in [2.24, 2.45) is 0 Å². The van der Waals surface area contributed by atoms with Gasteiger partial charge < -0.3 is 14.7 Å². The van der Waals surface area contributed by atoms with Crippen LogP contribution >= 0.6 is 0 Å². The topological polar surface area (TPSA) is 58.4 Å². The van der Waals surface area contributed by atoms with Gasteiger partial charge in [0.2, 0.25) is 0 Å². The van der Waals surface area contributed by atoms with Gasteiger partial charge >= 0.3 is 6.03 Å². The van der Waals surface area contributed by atoms with Crippen LogP contribution in [0.25, 0.3) is 0 Å². The lowest BCUT2D eigenvalue weighted by Crippen LogP contribution is -2.37. The zero-order valence-corrected chi connectivity index (χ0v) is 14.8. The van der Waals surface area contributed by atoms with Crippen LogP contribution in [0.15, 0.2) is 28.8 Å². The van der Waals surface area contributed by atoms with E-state index in [2.05, 4.69) is 48.6 Å². The van der Waals surface area contributed by atoms with Gasteiger partial charge in [-0.25, -0.2) is 4.79 Å². The molecule has 0 spiro atoms. The predicted molar refractivity (Wildman–Crippen MR) is 94.3 cm³/mol. The Bertz CT molecular complexity index is 721. The fourth-order valence-corrected chi connectivity index (χ4v) is 3.39. The lowest BCUT2D eigenvalue weighted by molar-refractivity contribution is 0.209. The monoisotopic (exact) mass is 327 g/mol. The number of carbonyl (C=O) groups is 1. The van der Waals surface area contributed by atoms with Gasteiger partial charge in [-0.05, 0) is 39.2 Å². The van der Waals surface area contributed by atoms with Crippen LogP contribution in [0.5, 0.6) is 0 Å². The summed E-state index contributed by atoms with van der Waals surface area (Å²) in [5, 5.41) is 6.99. The lowest BCUT2D eigenvalue weighted by atomic mass is 9.96. The third-order valence-electron chi connectivity index (χ3n) is 4.88. The largest absolute Gasteiger partial charge is 0.359 e. The Hall–Kier alpha value is -2.30. The van der Waals surface area contributed by atoms with Crippen LogP contribution in [0.2, 0.25) is 0 Å². The van der Waals surface area contributed by atoms with Crippen molar-refractivity contribution in [3.8, 4) is 0 Å². The van der Waals surface area contributed by atoms with Crippen molar-refractivity contribution in [2.75, 3.05) is 11.9 Å². The predicted octanol–water partition coefficient (Wildman–Crippen LogP) is 4.26. The number of amides is 2. The average molecular weight is 327 g/mol. The van der Waals surface area contributed by atoms with Gasteiger partial charge in [-0.15, -0.1) is 0 Å². The van der Waals surface area contributed by atoms with E-state index in [1.165, 1.54) is 11.1 Å². The van der Waals surface area contributed by atoms with Crippen molar-refractivity contribution in [3.05, 3.63) is 46.8 Å². The highest BCUT2D eigenvalue weighted by molar-refractivity contribution is 5.90. The Morgan fingerprint density at radius 2 is 2.04 bits per heavy atom. The summed E-state index contributed by atoms with van der Waals surface area (Å²) in [6.07, 6.45) is 1.72. The zero-order chi connectivity index (χ0) is 17.3. The first-order valence-electron chi connectivity index (χ1n) is 8.59. The van der Waals surface area contributed by atoms with E-state index in [9.17, 15) is 4.79 Å². The number of rotatable bonds is 3. The normalized spacial score (nSPS) is 20.4. The molecule has 5 nitrogen and oxygen atoms in total. The number of hydrogen-bond donors (Lipinski definition) is 1. The van der Waals surface area contributed by atoms with Gasteiger partial charge in [0, 0.05) is 18.5 Å². The molecule has 0 aliphatic carbocycles.